The van der Waals surface area contributed by atoms with Crippen LogP contribution in [0.5, 0.6) is 5.75 Å². The monoisotopic (exact) mass is 450 g/mol. The molecule has 0 spiro atoms. The van der Waals surface area contributed by atoms with Gasteiger partial charge >= 0.3 is 0 Å². The van der Waals surface area contributed by atoms with Gasteiger partial charge in [0.1, 0.15) is 11.8 Å². The first-order chi connectivity index (χ1) is 15.5. The van der Waals surface area contributed by atoms with E-state index in [2.05, 4.69) is 21.5 Å². The minimum atomic E-state index is -0.604. The molecule has 0 amide bonds. The van der Waals surface area contributed by atoms with E-state index in [4.69, 9.17) is 20.9 Å². The Morgan fingerprint density at radius 1 is 1.31 bits per heavy atom. The number of alkyl halides is 1. The maximum atomic E-state index is 9.73. The second kappa shape index (κ2) is 9.53. The van der Waals surface area contributed by atoms with E-state index in [-0.39, 0.29) is 18.0 Å². The van der Waals surface area contributed by atoms with Crippen molar-refractivity contribution >= 4 is 17.7 Å². The van der Waals surface area contributed by atoms with Crippen molar-refractivity contribution in [3.05, 3.63) is 59.2 Å². The quantitative estimate of drug-likeness (QED) is 0.492. The smallest absolute Gasteiger partial charge is 0.258 e. The molecule has 1 aromatic heterocycles. The van der Waals surface area contributed by atoms with Crippen molar-refractivity contribution in [2.24, 2.45) is 0 Å². The van der Waals surface area contributed by atoms with Gasteiger partial charge in [-0.3, -0.25) is 0 Å². The molecule has 0 saturated carbocycles. The highest BCUT2D eigenvalue weighted by atomic mass is 35.5. The Morgan fingerprint density at radius 3 is 2.91 bits per heavy atom. The molecule has 2 aromatic carbocycles. The predicted molar refractivity (Wildman–Crippen MR) is 122 cm³/mol. The van der Waals surface area contributed by atoms with Crippen molar-refractivity contribution < 1.29 is 14.4 Å². The molecule has 0 saturated heterocycles. The van der Waals surface area contributed by atoms with E-state index in [1.165, 1.54) is 0 Å². The SMILES string of the molecule is CC(C)Oc1ccc(-c2nc(-c3cccc4c3C=C[C@H]4NCC(O)CCl)no2)cc1C#N. The first-order valence-electron chi connectivity index (χ1n) is 10.3. The fourth-order valence-electron chi connectivity index (χ4n) is 3.58. The van der Waals surface area contributed by atoms with Gasteiger partial charge in [-0.15, -0.1) is 11.6 Å². The molecule has 2 atom stereocenters. The largest absolute Gasteiger partial charge is 0.490 e. The van der Waals surface area contributed by atoms with Crippen molar-refractivity contribution in [1.29, 1.82) is 5.26 Å². The van der Waals surface area contributed by atoms with Crippen LogP contribution in [0, 0.1) is 11.3 Å². The average Bonchev–Trinajstić information content (AvgIpc) is 3.44. The number of nitrogens with zero attached hydrogens (tertiary/aromatic N) is 3. The van der Waals surface area contributed by atoms with Crippen molar-refractivity contribution in [3.8, 4) is 34.7 Å². The Kier molecular flexibility index (Phi) is 6.56. The average molecular weight is 451 g/mol. The van der Waals surface area contributed by atoms with Crippen molar-refractivity contribution in [3.63, 3.8) is 0 Å². The van der Waals surface area contributed by atoms with Crippen molar-refractivity contribution in [2.45, 2.75) is 32.1 Å². The highest BCUT2D eigenvalue weighted by Crippen LogP contribution is 2.35. The summed E-state index contributed by atoms with van der Waals surface area (Å²) in [4.78, 5) is 4.57. The Labute approximate surface area is 191 Å². The summed E-state index contributed by atoms with van der Waals surface area (Å²) in [6, 6.07) is 13.3. The Bertz CT molecular complexity index is 1180. The number of rotatable bonds is 8. The Morgan fingerprint density at radius 2 is 2.16 bits per heavy atom. The number of aliphatic hydroxyl groups is 1. The van der Waals surface area contributed by atoms with E-state index in [1.54, 1.807) is 18.2 Å². The van der Waals surface area contributed by atoms with Gasteiger partial charge in [-0.2, -0.15) is 10.2 Å². The molecule has 0 bridgehead atoms. The second-order valence-electron chi connectivity index (χ2n) is 7.77. The minimum absolute atomic E-state index is 0.0270. The fourth-order valence-corrected chi connectivity index (χ4v) is 3.69. The summed E-state index contributed by atoms with van der Waals surface area (Å²) >= 11 is 5.69. The molecule has 0 aliphatic heterocycles. The first-order valence-corrected chi connectivity index (χ1v) is 10.9. The van der Waals surface area contributed by atoms with Gasteiger partial charge in [-0.05, 0) is 43.2 Å². The van der Waals surface area contributed by atoms with Gasteiger partial charge in [-0.25, -0.2) is 0 Å². The number of halogens is 1. The third kappa shape index (κ3) is 4.53. The van der Waals surface area contributed by atoms with E-state index in [1.807, 2.05) is 44.2 Å². The summed E-state index contributed by atoms with van der Waals surface area (Å²) in [5.41, 5.74) is 3.96. The topological polar surface area (TPSA) is 104 Å². The minimum Gasteiger partial charge on any atom is -0.490 e. The summed E-state index contributed by atoms with van der Waals surface area (Å²) in [6.07, 6.45) is 3.40. The number of aromatic nitrogens is 2. The Hall–Kier alpha value is -3.18. The summed E-state index contributed by atoms with van der Waals surface area (Å²) in [6.45, 7) is 4.21. The number of hydrogen-bond donors (Lipinski definition) is 2. The standard InChI is InChI=1S/C24H23ClN4O3/c1-14(2)31-22-9-6-15(10-16(22)12-26)24-28-23(29-32-24)20-5-3-4-19-18(20)7-8-21(19)27-13-17(30)11-25/h3-10,14,17,21,27,30H,11,13H2,1-2H3/t17?,21-/m1/s1. The van der Waals surface area contributed by atoms with E-state index in [9.17, 15) is 10.4 Å². The Balaban J connectivity index is 1.60. The number of aliphatic hydroxyl groups excluding tert-OH is 1. The van der Waals surface area contributed by atoms with E-state index in [0.717, 1.165) is 16.7 Å². The number of hydrogen-bond acceptors (Lipinski definition) is 7. The number of ether oxygens (including phenoxy) is 1. The lowest BCUT2D eigenvalue weighted by Crippen LogP contribution is -2.30. The van der Waals surface area contributed by atoms with Crippen molar-refractivity contribution in [1.82, 2.24) is 15.5 Å². The zero-order valence-corrected chi connectivity index (χ0v) is 18.5. The summed E-state index contributed by atoms with van der Waals surface area (Å²) in [5, 5.41) is 26.7. The molecule has 4 rings (SSSR count). The normalized spacial score (nSPS) is 15.6. The molecule has 2 N–H and O–H groups in total. The van der Waals surface area contributed by atoms with Gasteiger partial charge in [-0.1, -0.05) is 35.5 Å². The molecule has 1 aliphatic rings. The van der Waals surface area contributed by atoms with Crippen LogP contribution in [0.4, 0.5) is 0 Å². The van der Waals surface area contributed by atoms with Crippen LogP contribution >= 0.6 is 11.6 Å². The molecule has 32 heavy (non-hydrogen) atoms. The van der Waals surface area contributed by atoms with Crippen LogP contribution in [0.15, 0.2) is 47.0 Å². The maximum Gasteiger partial charge on any atom is 0.258 e. The number of benzene rings is 2. The van der Waals surface area contributed by atoms with Crippen LogP contribution in [-0.4, -0.2) is 39.9 Å². The van der Waals surface area contributed by atoms with E-state index in [0.29, 0.717) is 35.1 Å². The first kappa shape index (κ1) is 22.0. The molecule has 1 heterocycles. The zero-order chi connectivity index (χ0) is 22.7. The summed E-state index contributed by atoms with van der Waals surface area (Å²) in [7, 11) is 0. The lowest BCUT2D eigenvalue weighted by Gasteiger charge is -2.16. The van der Waals surface area contributed by atoms with Crippen LogP contribution in [-0.2, 0) is 0 Å². The highest BCUT2D eigenvalue weighted by molar-refractivity contribution is 6.18. The number of nitrogens with one attached hydrogen (secondary N) is 1. The van der Waals surface area contributed by atoms with Crippen LogP contribution in [0.1, 0.15) is 36.6 Å². The number of fused-ring (bicyclic) bond motifs is 1. The van der Waals surface area contributed by atoms with E-state index < -0.39 is 6.10 Å². The second-order valence-corrected chi connectivity index (χ2v) is 8.08. The van der Waals surface area contributed by atoms with Gasteiger partial charge in [0.05, 0.1) is 23.8 Å². The molecule has 0 radical (unpaired) electrons. The fraction of sp³-hybridized carbons (Fsp3) is 0.292. The van der Waals surface area contributed by atoms with Crippen LogP contribution < -0.4 is 10.1 Å². The number of nitriles is 1. The molecule has 8 heteroatoms. The molecule has 3 aromatic rings. The summed E-state index contributed by atoms with van der Waals surface area (Å²) < 4.78 is 11.2. The lowest BCUT2D eigenvalue weighted by atomic mass is 10.0. The molecule has 164 valence electrons. The molecule has 1 unspecified atom stereocenters. The maximum absolute atomic E-state index is 9.73. The van der Waals surface area contributed by atoms with E-state index >= 15 is 0 Å². The van der Waals surface area contributed by atoms with Gasteiger partial charge in [0.25, 0.3) is 5.89 Å². The van der Waals surface area contributed by atoms with Gasteiger partial charge in [0.15, 0.2) is 0 Å². The highest BCUT2D eigenvalue weighted by Gasteiger charge is 2.23. The van der Waals surface area contributed by atoms with Gasteiger partial charge < -0.3 is 19.7 Å². The molecule has 7 nitrogen and oxygen atoms in total. The lowest BCUT2D eigenvalue weighted by molar-refractivity contribution is 0.192. The molecular weight excluding hydrogens is 428 g/mol. The third-order valence-corrected chi connectivity index (χ3v) is 5.41. The van der Waals surface area contributed by atoms with Gasteiger partial charge in [0.2, 0.25) is 5.82 Å². The molecule has 0 fully saturated rings. The molecule has 1 aliphatic carbocycles. The molecular formula is C24H23ClN4O3. The zero-order valence-electron chi connectivity index (χ0n) is 17.7. The summed E-state index contributed by atoms with van der Waals surface area (Å²) in [5.74, 6) is 1.49. The predicted octanol–water partition coefficient (Wildman–Crippen LogP) is 4.32. The van der Waals surface area contributed by atoms with Gasteiger partial charge in [0, 0.05) is 23.6 Å². The van der Waals surface area contributed by atoms with Crippen molar-refractivity contribution in [2.75, 3.05) is 12.4 Å². The van der Waals surface area contributed by atoms with Crippen LogP contribution in [0.25, 0.3) is 28.9 Å². The van der Waals surface area contributed by atoms with Crippen LogP contribution in [0.3, 0.4) is 0 Å². The van der Waals surface area contributed by atoms with Crippen LogP contribution in [0.2, 0.25) is 0 Å². The third-order valence-electron chi connectivity index (χ3n) is 5.06.